The summed E-state index contributed by atoms with van der Waals surface area (Å²) in [4.78, 5) is 4.85. The van der Waals surface area contributed by atoms with E-state index < -0.39 is 0 Å². The van der Waals surface area contributed by atoms with Gasteiger partial charge >= 0.3 is 0 Å². The van der Waals surface area contributed by atoms with Gasteiger partial charge in [0.15, 0.2) is 0 Å². The van der Waals surface area contributed by atoms with Crippen molar-refractivity contribution in [3.05, 3.63) is 164 Å². The molecule has 0 fully saturated rings. The first kappa shape index (κ1) is 30.1. The number of nitrogens with zero attached hydrogens (tertiary/aromatic N) is 4. The molecule has 1 N–H and O–H groups in total. The van der Waals surface area contributed by atoms with Crippen LogP contribution in [0.5, 0.6) is 5.75 Å². The van der Waals surface area contributed by atoms with Crippen LogP contribution in [0.25, 0.3) is 89.2 Å². The zero-order chi connectivity index (χ0) is 32.5. The normalized spacial score (nSPS) is 11.5. The van der Waals surface area contributed by atoms with Crippen LogP contribution in [-0.4, -0.2) is 24.4 Å². The Bertz CT molecular complexity index is 2690. The summed E-state index contributed by atoms with van der Waals surface area (Å²) in [5.74, 6) is 0.154. The van der Waals surface area contributed by atoms with Gasteiger partial charge in [-0.3, -0.25) is 0 Å². The summed E-state index contributed by atoms with van der Waals surface area (Å²) in [7, 11) is 0. The number of para-hydroxylation sites is 3. The summed E-state index contributed by atoms with van der Waals surface area (Å²) in [5.41, 5.74) is 13.4. The maximum Gasteiger partial charge on any atom is 0.144 e. The number of benzene rings is 6. The van der Waals surface area contributed by atoms with Crippen LogP contribution >= 0.6 is 0 Å². The molecule has 0 spiro atoms. The average molecular weight is 823 g/mol. The van der Waals surface area contributed by atoms with E-state index in [9.17, 15) is 5.11 Å². The van der Waals surface area contributed by atoms with Crippen LogP contribution in [0.1, 0.15) is 0 Å². The van der Waals surface area contributed by atoms with E-state index in [4.69, 9.17) is 10.1 Å². The second-order valence-corrected chi connectivity index (χ2v) is 12.3. The Morgan fingerprint density at radius 2 is 1.20 bits per heavy atom. The van der Waals surface area contributed by atoms with Crippen molar-refractivity contribution in [1.29, 1.82) is 0 Å². The summed E-state index contributed by atoms with van der Waals surface area (Å²) in [6.45, 7) is 0. The van der Waals surface area contributed by atoms with Crippen LogP contribution < -0.4 is 0 Å². The van der Waals surface area contributed by atoms with Crippen molar-refractivity contribution in [2.24, 2.45) is 0 Å². The predicted octanol–water partition coefficient (Wildman–Crippen LogP) is 10.5. The van der Waals surface area contributed by atoms with E-state index in [1.807, 2.05) is 53.3 Å². The topological polar surface area (TPSA) is 55.9 Å². The zero-order valence-corrected chi connectivity index (χ0v) is 28.8. The minimum atomic E-state index is 0. The Hall–Kier alpha value is -6.03. The summed E-state index contributed by atoms with van der Waals surface area (Å²) >= 11 is 0. The molecular weight excluding hydrogens is 796 g/mol. The molecule has 0 radical (unpaired) electrons. The SMILES string of the molecule is Oc1ccccc1-n1nc2c(c1-c1ccccc1)-c1ccccc1-c1ccccc1-c1ccc(-n3c4ccccc4c4cccnc43)[c-]c1-2.[Pt]. The maximum atomic E-state index is 11.2. The van der Waals surface area contributed by atoms with Gasteiger partial charge in [-0.25, -0.2) is 14.8 Å². The molecule has 0 atom stereocenters. The molecule has 3 heterocycles. The number of phenolic OH excluding ortho intramolecular Hbond substituents is 1. The Balaban J connectivity index is 0.00000336. The van der Waals surface area contributed by atoms with Gasteiger partial charge in [0, 0.05) is 49.3 Å². The van der Waals surface area contributed by atoms with Crippen molar-refractivity contribution >= 4 is 21.9 Å². The predicted molar refractivity (Wildman–Crippen MR) is 197 cm³/mol. The molecule has 0 unspecified atom stereocenters. The molecule has 0 aliphatic heterocycles. The second-order valence-electron chi connectivity index (χ2n) is 12.3. The van der Waals surface area contributed by atoms with Crippen molar-refractivity contribution in [3.63, 3.8) is 0 Å². The molecule has 10 rings (SSSR count). The smallest absolute Gasteiger partial charge is 0.144 e. The van der Waals surface area contributed by atoms with E-state index in [-0.39, 0.29) is 26.8 Å². The number of aromatic hydroxyl groups is 1. The minimum Gasteiger partial charge on any atom is -0.506 e. The van der Waals surface area contributed by atoms with Crippen molar-refractivity contribution in [2.45, 2.75) is 0 Å². The van der Waals surface area contributed by atoms with Crippen molar-refractivity contribution in [3.8, 4) is 73.0 Å². The van der Waals surface area contributed by atoms with Gasteiger partial charge in [-0.05, 0) is 58.3 Å². The molecule has 0 saturated heterocycles. The van der Waals surface area contributed by atoms with Crippen LogP contribution in [0.2, 0.25) is 0 Å². The molecule has 0 saturated carbocycles. The molecule has 6 aromatic carbocycles. The summed E-state index contributed by atoms with van der Waals surface area (Å²) in [6, 6.07) is 55.6. The van der Waals surface area contributed by atoms with Crippen LogP contribution in [-0.2, 0) is 21.1 Å². The van der Waals surface area contributed by atoms with Gasteiger partial charge < -0.3 is 9.67 Å². The first-order valence-corrected chi connectivity index (χ1v) is 16.3. The van der Waals surface area contributed by atoms with Crippen LogP contribution in [0, 0.1) is 6.07 Å². The molecule has 1 aliphatic carbocycles. The third-order valence-corrected chi connectivity index (χ3v) is 9.59. The third-order valence-electron chi connectivity index (χ3n) is 9.59. The summed E-state index contributed by atoms with van der Waals surface area (Å²) in [5, 5.41) is 18.9. The van der Waals surface area contributed by atoms with E-state index in [0.29, 0.717) is 5.69 Å². The maximum absolute atomic E-state index is 11.2. The number of fused-ring (bicyclic) bond motifs is 11. The summed E-state index contributed by atoms with van der Waals surface area (Å²) in [6.07, 6.45) is 1.84. The molecule has 9 aromatic rings. The number of hydrogen-bond acceptors (Lipinski definition) is 3. The molecule has 1 aliphatic rings. The fourth-order valence-electron chi connectivity index (χ4n) is 7.48. The van der Waals surface area contributed by atoms with Gasteiger partial charge in [0.25, 0.3) is 0 Å². The Morgan fingerprint density at radius 1 is 0.560 bits per heavy atom. The molecule has 50 heavy (non-hydrogen) atoms. The fourth-order valence-corrected chi connectivity index (χ4v) is 7.48. The van der Waals surface area contributed by atoms with E-state index in [1.165, 1.54) is 0 Å². The minimum absolute atomic E-state index is 0. The van der Waals surface area contributed by atoms with Gasteiger partial charge in [0.2, 0.25) is 0 Å². The van der Waals surface area contributed by atoms with E-state index in [1.54, 1.807) is 6.07 Å². The Morgan fingerprint density at radius 3 is 2.00 bits per heavy atom. The molecule has 5 nitrogen and oxygen atoms in total. The molecule has 240 valence electrons. The third kappa shape index (κ3) is 4.44. The van der Waals surface area contributed by atoms with Crippen molar-refractivity contribution in [2.75, 3.05) is 0 Å². The second kappa shape index (κ2) is 11.8. The van der Waals surface area contributed by atoms with Crippen molar-refractivity contribution in [1.82, 2.24) is 19.3 Å². The summed E-state index contributed by atoms with van der Waals surface area (Å²) < 4.78 is 4.09. The number of phenols is 1. The van der Waals surface area contributed by atoms with E-state index in [2.05, 4.69) is 114 Å². The zero-order valence-electron chi connectivity index (χ0n) is 26.6. The van der Waals surface area contributed by atoms with Crippen molar-refractivity contribution < 1.29 is 26.2 Å². The van der Waals surface area contributed by atoms with E-state index >= 15 is 0 Å². The van der Waals surface area contributed by atoms with Gasteiger partial charge in [-0.2, -0.15) is 0 Å². The fraction of sp³-hybridized carbons (Fsp3) is 0. The monoisotopic (exact) mass is 822 g/mol. The molecule has 0 amide bonds. The first-order valence-electron chi connectivity index (χ1n) is 16.3. The van der Waals surface area contributed by atoms with Gasteiger partial charge in [-0.15, -0.1) is 23.8 Å². The molecule has 0 bridgehead atoms. The van der Waals surface area contributed by atoms with Gasteiger partial charge in [-0.1, -0.05) is 120 Å². The van der Waals surface area contributed by atoms with Gasteiger partial charge in [0.05, 0.1) is 11.2 Å². The first-order chi connectivity index (χ1) is 24.3. The number of aromatic nitrogens is 4. The quantitative estimate of drug-likeness (QED) is 0.181. The molecule has 3 aromatic heterocycles. The van der Waals surface area contributed by atoms with Crippen LogP contribution in [0.15, 0.2) is 158 Å². The Labute approximate surface area is 303 Å². The number of hydrogen-bond donors (Lipinski definition) is 1. The number of pyridine rings is 1. The van der Waals surface area contributed by atoms with Gasteiger partial charge in [0.1, 0.15) is 17.1 Å². The molecule has 6 heteroatoms. The number of rotatable bonds is 3. The van der Waals surface area contributed by atoms with Crippen LogP contribution in [0.3, 0.4) is 0 Å². The molecular formula is C44H27N4OPt-. The van der Waals surface area contributed by atoms with E-state index in [0.717, 1.165) is 83.5 Å². The largest absolute Gasteiger partial charge is 0.506 e. The standard InChI is InChI=1S/C44H27N4O.Pt/c49-40-23-11-10-22-39(40)48-43(28-13-2-1-3-14-28)41-35-19-7-6-17-32(35)30-15-4-5-16-31(30)33-25-24-29(27-37(33)42(41)46-48)47-38-21-9-8-18-34(38)36-20-12-26-45-44(36)47;/h1-26,49H;/q-1;. The Kier molecular flexibility index (Phi) is 7.11. The van der Waals surface area contributed by atoms with Crippen LogP contribution in [0.4, 0.5) is 0 Å². The average Bonchev–Trinajstić information content (AvgIpc) is 3.71.